The molecule has 0 rings (SSSR count). The fourth-order valence-electron chi connectivity index (χ4n) is 0.255. The lowest BCUT2D eigenvalue weighted by Crippen LogP contribution is -1.97. The molecule has 42 valence electrons. The first-order valence-corrected chi connectivity index (χ1v) is 2.45. The summed E-state index contributed by atoms with van der Waals surface area (Å²) in [5, 5.41) is 6.78. The van der Waals surface area contributed by atoms with Crippen molar-refractivity contribution in [3.05, 3.63) is 0 Å². The molecule has 0 aliphatic rings. The van der Waals surface area contributed by atoms with Crippen molar-refractivity contribution in [2.24, 2.45) is 0 Å². The summed E-state index contributed by atoms with van der Waals surface area (Å²) in [7, 11) is 0. The Labute approximate surface area is 44.0 Å². The molecule has 2 nitrogen and oxygen atoms in total. The summed E-state index contributed by atoms with van der Waals surface area (Å²) in [6.07, 6.45) is 0.982. The van der Waals surface area contributed by atoms with Crippen LogP contribution in [0.3, 0.4) is 0 Å². The van der Waals surface area contributed by atoms with Gasteiger partial charge in [0.2, 0.25) is 0 Å². The molecule has 1 N–H and O–H groups in total. The van der Waals surface area contributed by atoms with E-state index in [0.29, 0.717) is 12.5 Å². The second kappa shape index (κ2) is 3.65. The second-order valence-electron chi connectivity index (χ2n) is 1.40. The van der Waals surface area contributed by atoms with Gasteiger partial charge < -0.3 is 4.74 Å². The van der Waals surface area contributed by atoms with Crippen molar-refractivity contribution in [2.45, 2.75) is 20.3 Å². The molecule has 7 heavy (non-hydrogen) atoms. The average molecular weight is 101 g/mol. The van der Waals surface area contributed by atoms with E-state index in [1.54, 1.807) is 6.92 Å². The van der Waals surface area contributed by atoms with Crippen LogP contribution in [0.5, 0.6) is 0 Å². The van der Waals surface area contributed by atoms with Gasteiger partial charge in [0.25, 0.3) is 0 Å². The largest absolute Gasteiger partial charge is 0.481 e. The van der Waals surface area contributed by atoms with Crippen molar-refractivity contribution in [3.63, 3.8) is 0 Å². The van der Waals surface area contributed by atoms with Gasteiger partial charge in [-0.25, -0.2) is 0 Å². The number of ether oxygens (including phenoxy) is 1. The van der Waals surface area contributed by atoms with Crippen LogP contribution in [0.4, 0.5) is 0 Å². The summed E-state index contributed by atoms with van der Waals surface area (Å²) in [6.45, 7) is 4.33. The molecule has 0 radical (unpaired) electrons. The van der Waals surface area contributed by atoms with Crippen LogP contribution in [0.15, 0.2) is 0 Å². The predicted octanol–water partition coefficient (Wildman–Crippen LogP) is 1.41. The van der Waals surface area contributed by atoms with E-state index in [-0.39, 0.29) is 0 Å². The molecule has 0 aliphatic heterocycles. The van der Waals surface area contributed by atoms with Crippen molar-refractivity contribution in [1.82, 2.24) is 0 Å². The van der Waals surface area contributed by atoms with Crippen LogP contribution in [0.25, 0.3) is 0 Å². The molecule has 0 saturated heterocycles. The first kappa shape index (κ1) is 6.47. The summed E-state index contributed by atoms with van der Waals surface area (Å²) < 4.78 is 4.77. The molecule has 0 heterocycles. The van der Waals surface area contributed by atoms with Gasteiger partial charge in [-0.05, 0) is 6.42 Å². The minimum Gasteiger partial charge on any atom is -0.481 e. The number of nitrogens with one attached hydrogen (secondary N) is 1. The molecule has 0 aromatic rings. The van der Waals surface area contributed by atoms with Gasteiger partial charge in [-0.3, -0.25) is 5.41 Å². The molecule has 0 aromatic heterocycles. The standard InChI is InChI=1S/C5H11NO/c1-3-4-7-5(2)6/h6H,3-4H2,1-2H3. The summed E-state index contributed by atoms with van der Waals surface area (Å²) in [5.74, 6) is 0.307. The highest BCUT2D eigenvalue weighted by Gasteiger charge is 1.80. The van der Waals surface area contributed by atoms with E-state index in [1.807, 2.05) is 6.92 Å². The van der Waals surface area contributed by atoms with E-state index in [2.05, 4.69) is 0 Å². The van der Waals surface area contributed by atoms with E-state index in [4.69, 9.17) is 10.1 Å². The van der Waals surface area contributed by atoms with Gasteiger partial charge in [-0.15, -0.1) is 0 Å². The first-order valence-electron chi connectivity index (χ1n) is 2.45. The number of hydrogen-bond donors (Lipinski definition) is 1. The van der Waals surface area contributed by atoms with Crippen LogP contribution in [0, 0.1) is 5.41 Å². The predicted molar refractivity (Wildman–Crippen MR) is 29.6 cm³/mol. The van der Waals surface area contributed by atoms with Crippen molar-refractivity contribution in [1.29, 1.82) is 5.41 Å². The number of hydrogen-bond acceptors (Lipinski definition) is 2. The van der Waals surface area contributed by atoms with Crippen molar-refractivity contribution < 1.29 is 4.74 Å². The van der Waals surface area contributed by atoms with Crippen LogP contribution >= 0.6 is 0 Å². The first-order chi connectivity index (χ1) is 3.27. The zero-order chi connectivity index (χ0) is 5.70. The Bertz CT molecular complexity index is 61.1. The Morgan fingerprint density at radius 3 is 2.43 bits per heavy atom. The lowest BCUT2D eigenvalue weighted by Gasteiger charge is -1.97. The van der Waals surface area contributed by atoms with Crippen molar-refractivity contribution >= 4 is 5.90 Å². The normalized spacial score (nSPS) is 8.29. The van der Waals surface area contributed by atoms with Crippen molar-refractivity contribution in [3.8, 4) is 0 Å². The molecule has 0 fully saturated rings. The van der Waals surface area contributed by atoms with Gasteiger partial charge in [-0.1, -0.05) is 6.92 Å². The Balaban J connectivity index is 2.82. The molecule has 0 atom stereocenters. The van der Waals surface area contributed by atoms with Crippen LogP contribution in [-0.4, -0.2) is 12.5 Å². The molecule has 0 amide bonds. The third kappa shape index (κ3) is 5.47. The van der Waals surface area contributed by atoms with Gasteiger partial charge in [0, 0.05) is 6.92 Å². The maximum absolute atomic E-state index is 6.78. The highest BCUT2D eigenvalue weighted by molar-refractivity contribution is 5.69. The summed E-state index contributed by atoms with van der Waals surface area (Å²) >= 11 is 0. The molecule has 0 aliphatic carbocycles. The van der Waals surface area contributed by atoms with Gasteiger partial charge >= 0.3 is 0 Å². The zero-order valence-corrected chi connectivity index (χ0v) is 4.82. The molecule has 2 heteroatoms. The van der Waals surface area contributed by atoms with Gasteiger partial charge in [0.05, 0.1) is 6.61 Å². The highest BCUT2D eigenvalue weighted by atomic mass is 16.5. The van der Waals surface area contributed by atoms with Crippen LogP contribution in [-0.2, 0) is 4.74 Å². The molecular formula is C5H11NO. The van der Waals surface area contributed by atoms with E-state index in [0.717, 1.165) is 6.42 Å². The average Bonchev–Trinajstić information content (AvgIpc) is 1.61. The SMILES string of the molecule is CCCOC(C)=N. The van der Waals surface area contributed by atoms with Crippen LogP contribution in [0.1, 0.15) is 20.3 Å². The Morgan fingerprint density at radius 2 is 2.29 bits per heavy atom. The summed E-state index contributed by atoms with van der Waals surface area (Å²) in [6, 6.07) is 0. The Hall–Kier alpha value is -0.530. The summed E-state index contributed by atoms with van der Waals surface area (Å²) in [5.41, 5.74) is 0. The minimum absolute atomic E-state index is 0.307. The van der Waals surface area contributed by atoms with Crippen LogP contribution in [0.2, 0.25) is 0 Å². The van der Waals surface area contributed by atoms with E-state index >= 15 is 0 Å². The molecule has 0 spiro atoms. The lowest BCUT2D eigenvalue weighted by atomic mass is 10.5. The molecular weight excluding hydrogens is 90.1 g/mol. The maximum atomic E-state index is 6.78. The number of rotatable bonds is 2. The quantitative estimate of drug-likeness (QED) is 0.414. The zero-order valence-electron chi connectivity index (χ0n) is 4.82. The smallest absolute Gasteiger partial charge is 0.177 e. The minimum atomic E-state index is 0.307. The molecule has 0 unspecified atom stereocenters. The monoisotopic (exact) mass is 101 g/mol. The van der Waals surface area contributed by atoms with Gasteiger partial charge in [-0.2, -0.15) is 0 Å². The van der Waals surface area contributed by atoms with Crippen LogP contribution < -0.4 is 0 Å². The second-order valence-corrected chi connectivity index (χ2v) is 1.40. The Kier molecular flexibility index (Phi) is 3.38. The van der Waals surface area contributed by atoms with E-state index in [1.165, 1.54) is 0 Å². The fourth-order valence-corrected chi connectivity index (χ4v) is 0.255. The maximum Gasteiger partial charge on any atom is 0.177 e. The molecule has 0 aromatic carbocycles. The lowest BCUT2D eigenvalue weighted by molar-refractivity contribution is 0.299. The molecule has 0 bridgehead atoms. The topological polar surface area (TPSA) is 33.1 Å². The third-order valence-corrected chi connectivity index (χ3v) is 0.523. The van der Waals surface area contributed by atoms with Gasteiger partial charge in [0.1, 0.15) is 0 Å². The Morgan fingerprint density at radius 1 is 1.71 bits per heavy atom. The highest BCUT2D eigenvalue weighted by Crippen LogP contribution is 1.79. The third-order valence-electron chi connectivity index (χ3n) is 0.523. The fraction of sp³-hybridized carbons (Fsp3) is 0.800. The van der Waals surface area contributed by atoms with E-state index < -0.39 is 0 Å². The summed E-state index contributed by atoms with van der Waals surface area (Å²) in [4.78, 5) is 0. The van der Waals surface area contributed by atoms with E-state index in [9.17, 15) is 0 Å². The molecule has 0 saturated carbocycles. The van der Waals surface area contributed by atoms with Gasteiger partial charge in [0.15, 0.2) is 5.90 Å². The van der Waals surface area contributed by atoms with Crippen molar-refractivity contribution in [2.75, 3.05) is 6.61 Å².